The number of hydrogen-bond donors (Lipinski definition) is 1. The van der Waals surface area contributed by atoms with Crippen LogP contribution in [0.2, 0.25) is 0 Å². The summed E-state index contributed by atoms with van der Waals surface area (Å²) in [6.07, 6.45) is 13.8. The summed E-state index contributed by atoms with van der Waals surface area (Å²) in [6, 6.07) is 4.71. The van der Waals surface area contributed by atoms with Gasteiger partial charge in [0.1, 0.15) is 0 Å². The van der Waals surface area contributed by atoms with Crippen molar-refractivity contribution in [3.63, 3.8) is 0 Å². The SMILES string of the molecule is CCCC[PH](CCCC)(CCCC)Cc1cc(C(C)(C)C)c(O)c(C(C)(C)C)c1. The molecule has 0 fully saturated rings. The van der Waals surface area contributed by atoms with E-state index in [1.807, 2.05) is 0 Å². The predicted octanol–water partition coefficient (Wildman–Crippen LogP) is 8.64. The van der Waals surface area contributed by atoms with Crippen LogP contribution < -0.4 is 0 Å². The molecular weight excluding hydrogens is 371 g/mol. The van der Waals surface area contributed by atoms with Crippen molar-refractivity contribution < 1.29 is 5.11 Å². The van der Waals surface area contributed by atoms with E-state index >= 15 is 0 Å². The Labute approximate surface area is 183 Å². The predicted molar refractivity (Wildman–Crippen MR) is 137 cm³/mol. The molecule has 0 saturated heterocycles. The molecule has 1 N–H and O–H groups in total. The molecule has 0 heterocycles. The second-order valence-electron chi connectivity index (χ2n) is 11.5. The molecule has 1 aromatic carbocycles. The Morgan fingerprint density at radius 2 is 1.03 bits per heavy atom. The van der Waals surface area contributed by atoms with E-state index in [-0.39, 0.29) is 10.8 Å². The fourth-order valence-corrected chi connectivity index (χ4v) is 10.3. The average molecular weight is 423 g/mol. The molecule has 0 atom stereocenters. The summed E-state index contributed by atoms with van der Waals surface area (Å²) in [7, 11) is -1.36. The van der Waals surface area contributed by atoms with Crippen molar-refractivity contribution in [1.82, 2.24) is 0 Å². The Kier molecular flexibility index (Phi) is 10.2. The van der Waals surface area contributed by atoms with E-state index in [4.69, 9.17) is 0 Å². The summed E-state index contributed by atoms with van der Waals surface area (Å²) in [5, 5.41) is 11.1. The molecule has 2 heteroatoms. The van der Waals surface area contributed by atoms with E-state index in [9.17, 15) is 5.11 Å². The minimum atomic E-state index is -1.36. The van der Waals surface area contributed by atoms with Crippen LogP contribution in [0.4, 0.5) is 0 Å². The average Bonchev–Trinajstić information content (AvgIpc) is 2.62. The third-order valence-electron chi connectivity index (χ3n) is 6.55. The Balaban J connectivity index is 3.48. The Bertz CT molecular complexity index is 562. The van der Waals surface area contributed by atoms with Crippen LogP contribution in [0.5, 0.6) is 5.75 Å². The first-order valence-electron chi connectivity index (χ1n) is 12.3. The van der Waals surface area contributed by atoms with Gasteiger partial charge in [-0.3, -0.25) is 0 Å². The van der Waals surface area contributed by atoms with Crippen LogP contribution in [0.3, 0.4) is 0 Å². The summed E-state index contributed by atoms with van der Waals surface area (Å²) >= 11 is 0. The second kappa shape index (κ2) is 11.2. The summed E-state index contributed by atoms with van der Waals surface area (Å²) in [5.41, 5.74) is 3.67. The van der Waals surface area contributed by atoms with Crippen LogP contribution in [0, 0.1) is 0 Å². The molecule has 0 aliphatic rings. The quantitative estimate of drug-likeness (QED) is 0.354. The van der Waals surface area contributed by atoms with Gasteiger partial charge in [-0.1, -0.05) is 0 Å². The number of benzene rings is 1. The molecule has 170 valence electrons. The van der Waals surface area contributed by atoms with Crippen molar-refractivity contribution in [3.05, 3.63) is 28.8 Å². The standard InChI is InChI=1S/C27H51OP/c1-10-13-16-29(17-14-11-2,18-15-12-3)21-22-19-23(26(4,5)6)25(28)24(20-22)27(7,8)9/h19-20,28-29H,10-18,21H2,1-9H3. The van der Waals surface area contributed by atoms with Gasteiger partial charge in [0.05, 0.1) is 0 Å². The van der Waals surface area contributed by atoms with Crippen LogP contribution in [-0.4, -0.2) is 23.6 Å². The molecule has 0 aliphatic carbocycles. The number of unbranched alkanes of at least 4 members (excludes halogenated alkanes) is 3. The van der Waals surface area contributed by atoms with Crippen LogP contribution in [0.15, 0.2) is 12.1 Å². The van der Waals surface area contributed by atoms with Crippen molar-refractivity contribution in [2.24, 2.45) is 0 Å². The van der Waals surface area contributed by atoms with E-state index in [0.717, 1.165) is 11.1 Å². The fraction of sp³-hybridized carbons (Fsp3) is 0.778. The molecule has 0 saturated carbocycles. The molecule has 29 heavy (non-hydrogen) atoms. The Morgan fingerprint density at radius 1 is 0.690 bits per heavy atom. The normalized spacial score (nSPS) is 13.7. The molecule has 0 amide bonds. The molecule has 0 spiro atoms. The zero-order valence-corrected chi connectivity index (χ0v) is 22.2. The molecule has 0 bridgehead atoms. The van der Waals surface area contributed by atoms with Gasteiger partial charge < -0.3 is 0 Å². The van der Waals surface area contributed by atoms with E-state index in [0.29, 0.717) is 5.75 Å². The number of phenolic OH excluding ortho intramolecular Hbond substituents is 1. The summed E-state index contributed by atoms with van der Waals surface area (Å²) < 4.78 is 0. The second-order valence-corrected chi connectivity index (χ2v) is 16.4. The first kappa shape index (κ1) is 26.5. The Hall–Kier alpha value is -0.550. The van der Waals surface area contributed by atoms with Gasteiger partial charge in [0, 0.05) is 0 Å². The minimum absolute atomic E-state index is 0.0411. The van der Waals surface area contributed by atoms with Crippen molar-refractivity contribution >= 4 is 7.26 Å². The molecule has 1 aromatic rings. The molecule has 0 aliphatic heterocycles. The monoisotopic (exact) mass is 422 g/mol. The van der Waals surface area contributed by atoms with Crippen molar-refractivity contribution in [2.45, 2.75) is 118 Å². The topological polar surface area (TPSA) is 20.2 Å². The van der Waals surface area contributed by atoms with Crippen LogP contribution in [-0.2, 0) is 17.0 Å². The molecular formula is C27H51OP. The van der Waals surface area contributed by atoms with Crippen LogP contribution in [0.25, 0.3) is 0 Å². The van der Waals surface area contributed by atoms with Gasteiger partial charge in [-0.2, -0.15) is 0 Å². The summed E-state index contributed by atoms with van der Waals surface area (Å²) in [6.45, 7) is 20.4. The number of phenols is 1. The summed E-state index contributed by atoms with van der Waals surface area (Å²) in [4.78, 5) is 0. The van der Waals surface area contributed by atoms with E-state index < -0.39 is 7.26 Å². The third kappa shape index (κ3) is 7.90. The zero-order valence-electron chi connectivity index (χ0n) is 21.2. The van der Waals surface area contributed by atoms with Gasteiger partial charge in [-0.05, 0) is 0 Å². The number of hydrogen-bond acceptors (Lipinski definition) is 1. The van der Waals surface area contributed by atoms with Crippen molar-refractivity contribution in [3.8, 4) is 5.75 Å². The third-order valence-corrected chi connectivity index (χ3v) is 11.9. The van der Waals surface area contributed by atoms with Gasteiger partial charge in [-0.25, -0.2) is 0 Å². The first-order valence-corrected chi connectivity index (χ1v) is 15.1. The van der Waals surface area contributed by atoms with Crippen molar-refractivity contribution in [1.29, 1.82) is 0 Å². The number of rotatable bonds is 11. The van der Waals surface area contributed by atoms with Crippen LogP contribution >= 0.6 is 7.26 Å². The zero-order chi connectivity index (χ0) is 22.3. The molecule has 1 nitrogen and oxygen atoms in total. The van der Waals surface area contributed by atoms with Gasteiger partial charge in [0.15, 0.2) is 0 Å². The van der Waals surface area contributed by atoms with Gasteiger partial charge in [0.2, 0.25) is 0 Å². The summed E-state index contributed by atoms with van der Waals surface area (Å²) in [5.74, 6) is 0.525. The maximum atomic E-state index is 11.1. The van der Waals surface area contributed by atoms with Gasteiger partial charge in [0.25, 0.3) is 0 Å². The van der Waals surface area contributed by atoms with E-state index in [1.165, 1.54) is 68.7 Å². The molecule has 0 aromatic heterocycles. The van der Waals surface area contributed by atoms with E-state index in [1.54, 1.807) is 0 Å². The van der Waals surface area contributed by atoms with E-state index in [2.05, 4.69) is 74.4 Å². The maximum absolute atomic E-state index is 11.1. The first-order chi connectivity index (χ1) is 13.4. The Morgan fingerprint density at radius 3 is 1.31 bits per heavy atom. The van der Waals surface area contributed by atoms with Crippen molar-refractivity contribution in [2.75, 3.05) is 18.5 Å². The molecule has 0 unspecified atom stereocenters. The van der Waals surface area contributed by atoms with Gasteiger partial charge in [-0.15, -0.1) is 0 Å². The van der Waals surface area contributed by atoms with Crippen LogP contribution in [0.1, 0.15) is 118 Å². The van der Waals surface area contributed by atoms with Gasteiger partial charge >= 0.3 is 183 Å². The number of aromatic hydroxyl groups is 1. The molecule has 0 radical (unpaired) electrons. The molecule has 1 rings (SSSR count). The fourth-order valence-electron chi connectivity index (χ4n) is 4.67.